The van der Waals surface area contributed by atoms with E-state index in [1.807, 2.05) is 24.3 Å². The fourth-order valence-corrected chi connectivity index (χ4v) is 1.27. The van der Waals surface area contributed by atoms with Crippen LogP contribution in [0.2, 0.25) is 0 Å². The monoisotopic (exact) mass is 237 g/mol. The van der Waals surface area contributed by atoms with Gasteiger partial charge in [-0.15, -0.1) is 0 Å². The number of hydrogen-bond donors (Lipinski definition) is 1. The Kier molecular flexibility index (Phi) is 5.00. The van der Waals surface area contributed by atoms with Crippen molar-refractivity contribution in [3.05, 3.63) is 29.8 Å². The number of nitrogens with zero attached hydrogens (tertiary/aromatic N) is 1. The lowest BCUT2D eigenvalue weighted by molar-refractivity contribution is -0.142. The maximum absolute atomic E-state index is 10.2. The molecule has 1 rings (SSSR count). The number of ether oxygens (including phenoxy) is 1. The number of oxime groups is 1. The number of aliphatic carboxylic acids is 1. The normalized spacial score (nSPS) is 11.1. The quantitative estimate of drug-likeness (QED) is 0.604. The van der Waals surface area contributed by atoms with Crippen molar-refractivity contribution in [2.24, 2.45) is 5.16 Å². The fourth-order valence-electron chi connectivity index (χ4n) is 1.27. The average Bonchev–Trinajstić information content (AvgIpc) is 2.29. The number of carbonyl (C=O) groups is 1. The molecular weight excluding hydrogens is 222 g/mol. The van der Waals surface area contributed by atoms with Crippen LogP contribution in [0.3, 0.4) is 0 Å². The van der Waals surface area contributed by atoms with Crippen molar-refractivity contribution in [1.29, 1.82) is 0 Å². The van der Waals surface area contributed by atoms with Gasteiger partial charge in [-0.1, -0.05) is 17.3 Å². The Balaban J connectivity index is 2.49. The van der Waals surface area contributed by atoms with E-state index in [2.05, 4.69) is 9.99 Å². The second-order valence-electron chi connectivity index (χ2n) is 3.52. The van der Waals surface area contributed by atoms with Gasteiger partial charge in [0.2, 0.25) is 6.61 Å². The van der Waals surface area contributed by atoms with Crippen molar-refractivity contribution in [3.63, 3.8) is 0 Å². The molecule has 0 saturated carbocycles. The molecule has 17 heavy (non-hydrogen) atoms. The summed E-state index contributed by atoms with van der Waals surface area (Å²) in [6, 6.07) is 7.57. The van der Waals surface area contributed by atoms with Gasteiger partial charge in [0, 0.05) is 6.42 Å². The highest BCUT2D eigenvalue weighted by Crippen LogP contribution is 2.11. The minimum absolute atomic E-state index is 0.417. The Bertz CT molecular complexity index is 397. The number of benzene rings is 1. The average molecular weight is 237 g/mol. The van der Waals surface area contributed by atoms with E-state index in [1.165, 1.54) is 0 Å². The molecular formula is C12H15NO4. The van der Waals surface area contributed by atoms with Gasteiger partial charge in [-0.2, -0.15) is 0 Å². The molecule has 0 atom stereocenters. The summed E-state index contributed by atoms with van der Waals surface area (Å²) in [6.45, 7) is 1.37. The summed E-state index contributed by atoms with van der Waals surface area (Å²) in [4.78, 5) is 14.8. The summed E-state index contributed by atoms with van der Waals surface area (Å²) in [6.07, 6.45) is 0.615. The van der Waals surface area contributed by atoms with Crippen molar-refractivity contribution in [2.45, 2.75) is 13.3 Å². The van der Waals surface area contributed by atoms with Crippen LogP contribution >= 0.6 is 0 Å². The first-order valence-corrected chi connectivity index (χ1v) is 5.12. The van der Waals surface area contributed by atoms with E-state index in [0.717, 1.165) is 17.0 Å². The highest BCUT2D eigenvalue weighted by molar-refractivity contribution is 5.83. The third-order valence-corrected chi connectivity index (χ3v) is 2.03. The molecule has 0 aromatic heterocycles. The molecule has 0 aliphatic carbocycles. The van der Waals surface area contributed by atoms with Gasteiger partial charge in [0.25, 0.3) is 0 Å². The molecule has 0 aliphatic rings. The third kappa shape index (κ3) is 5.01. The van der Waals surface area contributed by atoms with Crippen LogP contribution in [0.1, 0.15) is 12.5 Å². The number of methoxy groups -OCH3 is 1. The van der Waals surface area contributed by atoms with Gasteiger partial charge in [-0.3, -0.25) is 0 Å². The zero-order valence-electron chi connectivity index (χ0n) is 9.84. The molecule has 0 spiro atoms. The number of rotatable bonds is 6. The maximum atomic E-state index is 10.2. The van der Waals surface area contributed by atoms with Gasteiger partial charge >= 0.3 is 5.97 Å². The Morgan fingerprint density at radius 1 is 1.35 bits per heavy atom. The van der Waals surface area contributed by atoms with Crippen LogP contribution in [0.25, 0.3) is 0 Å². The van der Waals surface area contributed by atoms with Crippen LogP contribution < -0.4 is 4.74 Å². The molecule has 0 bridgehead atoms. The lowest BCUT2D eigenvalue weighted by Gasteiger charge is -2.03. The molecule has 5 nitrogen and oxygen atoms in total. The van der Waals surface area contributed by atoms with E-state index >= 15 is 0 Å². The molecule has 92 valence electrons. The first kappa shape index (κ1) is 13.0. The molecule has 1 aromatic rings. The Hall–Kier alpha value is -2.04. The van der Waals surface area contributed by atoms with Crippen LogP contribution in [0.5, 0.6) is 5.75 Å². The Morgan fingerprint density at radius 3 is 2.53 bits per heavy atom. The van der Waals surface area contributed by atoms with Crippen LogP contribution in [-0.4, -0.2) is 30.5 Å². The van der Waals surface area contributed by atoms with Gasteiger partial charge in [0.05, 0.1) is 12.8 Å². The zero-order chi connectivity index (χ0) is 12.7. The number of carboxylic acids is 1. The van der Waals surface area contributed by atoms with Gasteiger partial charge < -0.3 is 14.7 Å². The zero-order valence-corrected chi connectivity index (χ0v) is 9.84. The highest BCUT2D eigenvalue weighted by atomic mass is 16.6. The van der Waals surface area contributed by atoms with Gasteiger partial charge in [-0.25, -0.2) is 4.79 Å². The fraction of sp³-hybridized carbons (Fsp3) is 0.333. The number of carboxylic acid groups (broad SMARTS) is 1. The van der Waals surface area contributed by atoms with Crippen molar-refractivity contribution < 1.29 is 19.5 Å². The lowest BCUT2D eigenvalue weighted by Crippen LogP contribution is -2.06. The molecule has 0 unspecified atom stereocenters. The first-order chi connectivity index (χ1) is 8.11. The van der Waals surface area contributed by atoms with Crippen molar-refractivity contribution >= 4 is 11.7 Å². The van der Waals surface area contributed by atoms with E-state index in [9.17, 15) is 4.79 Å². The molecule has 1 aromatic carbocycles. The Labute approximate surface area is 99.7 Å². The Morgan fingerprint density at radius 2 is 2.00 bits per heavy atom. The van der Waals surface area contributed by atoms with E-state index in [0.29, 0.717) is 6.42 Å². The topological polar surface area (TPSA) is 68.1 Å². The molecule has 0 radical (unpaired) electrons. The summed E-state index contributed by atoms with van der Waals surface area (Å²) in [7, 11) is 1.61. The third-order valence-electron chi connectivity index (χ3n) is 2.03. The van der Waals surface area contributed by atoms with Gasteiger partial charge in [0.15, 0.2) is 0 Å². The summed E-state index contributed by atoms with van der Waals surface area (Å²) < 4.78 is 5.05. The van der Waals surface area contributed by atoms with Crippen molar-refractivity contribution in [2.75, 3.05) is 13.7 Å². The molecule has 0 aliphatic heterocycles. The van der Waals surface area contributed by atoms with Gasteiger partial charge in [0.1, 0.15) is 5.75 Å². The second-order valence-corrected chi connectivity index (χ2v) is 3.52. The molecule has 0 saturated heterocycles. The van der Waals surface area contributed by atoms with E-state index in [4.69, 9.17) is 9.84 Å². The summed E-state index contributed by atoms with van der Waals surface area (Å²) in [5.41, 5.74) is 1.78. The molecule has 0 heterocycles. The predicted molar refractivity (Wildman–Crippen MR) is 63.4 cm³/mol. The van der Waals surface area contributed by atoms with Crippen LogP contribution in [0, 0.1) is 0 Å². The van der Waals surface area contributed by atoms with Crippen molar-refractivity contribution in [1.82, 2.24) is 0 Å². The predicted octanol–water partition coefficient (Wildman–Crippen LogP) is 1.71. The van der Waals surface area contributed by atoms with E-state index in [-0.39, 0.29) is 0 Å². The second kappa shape index (κ2) is 6.52. The largest absolute Gasteiger partial charge is 0.497 e. The SMILES string of the molecule is COc1ccc(CC(C)=NOCC(=O)O)cc1. The molecule has 1 N–H and O–H groups in total. The summed E-state index contributed by atoms with van der Waals surface area (Å²) >= 11 is 0. The summed E-state index contributed by atoms with van der Waals surface area (Å²) in [5.74, 6) is -0.239. The first-order valence-electron chi connectivity index (χ1n) is 5.12. The maximum Gasteiger partial charge on any atom is 0.344 e. The van der Waals surface area contributed by atoms with E-state index in [1.54, 1.807) is 14.0 Å². The molecule has 5 heteroatoms. The van der Waals surface area contributed by atoms with Crippen molar-refractivity contribution in [3.8, 4) is 5.75 Å². The minimum atomic E-state index is -1.04. The van der Waals surface area contributed by atoms with Gasteiger partial charge in [-0.05, 0) is 24.6 Å². The van der Waals surface area contributed by atoms with E-state index < -0.39 is 12.6 Å². The molecule has 0 fully saturated rings. The standard InChI is InChI=1S/C12H15NO4/c1-9(13-17-8-12(14)15)7-10-3-5-11(16-2)6-4-10/h3-6H,7-8H2,1-2H3,(H,14,15). The van der Waals surface area contributed by atoms with Crippen LogP contribution in [0.4, 0.5) is 0 Å². The number of hydrogen-bond acceptors (Lipinski definition) is 4. The summed E-state index contributed by atoms with van der Waals surface area (Å²) in [5, 5.41) is 12.1. The minimum Gasteiger partial charge on any atom is -0.497 e. The van der Waals surface area contributed by atoms with Crippen LogP contribution in [-0.2, 0) is 16.1 Å². The van der Waals surface area contributed by atoms with Crippen LogP contribution in [0.15, 0.2) is 29.4 Å². The highest BCUT2D eigenvalue weighted by Gasteiger charge is 1.99. The lowest BCUT2D eigenvalue weighted by atomic mass is 10.1. The smallest absolute Gasteiger partial charge is 0.344 e. The molecule has 0 amide bonds.